The number of nitrogens with zero attached hydrogens (tertiary/aromatic N) is 1. The number of carbonyl (C=O) groups excluding carboxylic acids is 3. The van der Waals surface area contributed by atoms with Crippen LogP contribution in [0.1, 0.15) is 23.6 Å². The summed E-state index contributed by atoms with van der Waals surface area (Å²) in [4.78, 5) is 43.5. The number of fused-ring (bicyclic) bond motifs is 1. The molecule has 2 fully saturated rings. The Bertz CT molecular complexity index is 1530. The molecule has 3 aromatic carbocycles. The minimum absolute atomic E-state index is 0.172. The molecule has 2 bridgehead atoms. The second kappa shape index (κ2) is 10.9. The van der Waals surface area contributed by atoms with Crippen LogP contribution in [0.2, 0.25) is 5.02 Å². The van der Waals surface area contributed by atoms with E-state index in [0.29, 0.717) is 11.6 Å². The molecule has 0 aliphatic carbocycles. The lowest BCUT2D eigenvalue weighted by atomic mass is 9.70. The average Bonchev–Trinajstić information content (AvgIpc) is 3.57. The van der Waals surface area contributed by atoms with E-state index in [1.54, 1.807) is 24.1 Å². The van der Waals surface area contributed by atoms with Crippen LogP contribution in [0.25, 0.3) is 0 Å². The Morgan fingerprint density at radius 3 is 2.17 bits per heavy atom. The van der Waals surface area contributed by atoms with E-state index < -0.39 is 29.1 Å². The first kappa shape index (κ1) is 28.0. The van der Waals surface area contributed by atoms with Gasteiger partial charge >= 0.3 is 0 Å². The highest BCUT2D eigenvalue weighted by atomic mass is 35.5. The standard InChI is InChI=1S/C33H32ClN3O5/c1-32-16-17-33(42-32)27(26(32)29(38)35-19-22-10-14-25(41-2)15-11-22)31(40)37(20-23-8-12-24(34)13-9-23)28(33)30(39)36-18-21-6-4-3-5-7-21/h3-17,26-28H,18-20H2,1-2H3,(H,35,38)(H,36,39)/t26-,27+,28-,32+,33+/m0/s1. The van der Waals surface area contributed by atoms with E-state index in [2.05, 4.69) is 10.6 Å². The molecule has 2 N–H and O–H groups in total. The summed E-state index contributed by atoms with van der Waals surface area (Å²) in [6.45, 7) is 2.56. The summed E-state index contributed by atoms with van der Waals surface area (Å²) in [5.41, 5.74) is 0.332. The van der Waals surface area contributed by atoms with E-state index in [1.165, 1.54) is 0 Å². The predicted molar refractivity (Wildman–Crippen MR) is 157 cm³/mol. The molecule has 3 amide bonds. The molecule has 5 atom stereocenters. The lowest BCUT2D eigenvalue weighted by Crippen LogP contribution is -2.54. The highest BCUT2D eigenvalue weighted by molar-refractivity contribution is 6.30. The largest absolute Gasteiger partial charge is 0.497 e. The van der Waals surface area contributed by atoms with Gasteiger partial charge in [0.15, 0.2) is 0 Å². The van der Waals surface area contributed by atoms with Crippen LogP contribution in [0, 0.1) is 11.8 Å². The van der Waals surface area contributed by atoms with Gasteiger partial charge in [-0.2, -0.15) is 0 Å². The van der Waals surface area contributed by atoms with E-state index >= 15 is 0 Å². The van der Waals surface area contributed by atoms with Crippen LogP contribution in [-0.4, -0.2) is 47.0 Å². The van der Waals surface area contributed by atoms with Crippen molar-refractivity contribution in [3.8, 4) is 5.75 Å². The van der Waals surface area contributed by atoms with Gasteiger partial charge in [0, 0.05) is 24.7 Å². The van der Waals surface area contributed by atoms with Gasteiger partial charge in [-0.05, 0) is 47.9 Å². The van der Waals surface area contributed by atoms with Gasteiger partial charge in [0.2, 0.25) is 17.7 Å². The Labute approximate surface area is 249 Å². The summed E-state index contributed by atoms with van der Waals surface area (Å²) in [6.07, 6.45) is 3.65. The molecule has 3 aliphatic rings. The van der Waals surface area contributed by atoms with Crippen LogP contribution in [0.5, 0.6) is 5.75 Å². The second-order valence-electron chi connectivity index (χ2n) is 11.2. The number of benzene rings is 3. The Morgan fingerprint density at radius 2 is 1.50 bits per heavy atom. The van der Waals surface area contributed by atoms with Gasteiger partial charge in [-0.1, -0.05) is 78.4 Å². The fraction of sp³-hybridized carbons (Fsp3) is 0.303. The van der Waals surface area contributed by atoms with Gasteiger partial charge in [-0.15, -0.1) is 0 Å². The van der Waals surface area contributed by atoms with Crippen LogP contribution in [0.3, 0.4) is 0 Å². The molecule has 6 rings (SSSR count). The van der Waals surface area contributed by atoms with Crippen molar-refractivity contribution in [3.63, 3.8) is 0 Å². The Balaban J connectivity index is 1.29. The summed E-state index contributed by atoms with van der Waals surface area (Å²) in [5.74, 6) is -1.87. The average molecular weight is 586 g/mol. The maximum atomic E-state index is 14.2. The fourth-order valence-corrected chi connectivity index (χ4v) is 6.64. The van der Waals surface area contributed by atoms with Gasteiger partial charge < -0.3 is 25.0 Å². The van der Waals surface area contributed by atoms with Gasteiger partial charge in [0.05, 0.1) is 24.5 Å². The smallest absolute Gasteiger partial charge is 0.246 e. The number of nitrogens with one attached hydrogen (secondary N) is 2. The molecule has 42 heavy (non-hydrogen) atoms. The number of amides is 3. The number of rotatable bonds is 9. The number of ether oxygens (including phenoxy) is 2. The quantitative estimate of drug-likeness (QED) is 0.370. The molecule has 3 aliphatic heterocycles. The molecular formula is C33H32ClN3O5. The lowest BCUT2D eigenvalue weighted by molar-refractivity contribution is -0.145. The third-order valence-corrected chi connectivity index (χ3v) is 8.78. The first-order chi connectivity index (χ1) is 20.2. The molecule has 1 spiro atoms. The van der Waals surface area contributed by atoms with Crippen molar-refractivity contribution < 1.29 is 23.9 Å². The summed E-state index contributed by atoms with van der Waals surface area (Å²) < 4.78 is 11.8. The topological polar surface area (TPSA) is 97.0 Å². The first-order valence-electron chi connectivity index (χ1n) is 13.9. The Kier molecular flexibility index (Phi) is 7.29. The minimum Gasteiger partial charge on any atom is -0.497 e. The van der Waals surface area contributed by atoms with Crippen molar-refractivity contribution in [3.05, 3.63) is 113 Å². The third kappa shape index (κ3) is 4.84. The molecule has 0 saturated carbocycles. The third-order valence-electron chi connectivity index (χ3n) is 8.53. The van der Waals surface area contributed by atoms with Crippen molar-refractivity contribution in [2.45, 2.75) is 43.8 Å². The lowest BCUT2D eigenvalue weighted by Gasteiger charge is -2.33. The van der Waals surface area contributed by atoms with Crippen LogP contribution < -0.4 is 15.4 Å². The zero-order chi connectivity index (χ0) is 29.5. The van der Waals surface area contributed by atoms with Gasteiger partial charge in [-0.3, -0.25) is 14.4 Å². The SMILES string of the molecule is COc1ccc(CNC(=O)[C@@H]2[C@@H]3C(=O)N(Cc4ccc(Cl)cc4)[C@@H](C(=O)NCc4ccccc4)[C@@]34C=C[C@@]2(C)O4)cc1. The highest BCUT2D eigenvalue weighted by Gasteiger charge is 2.76. The Hall–Kier alpha value is -4.14. The zero-order valence-corrected chi connectivity index (χ0v) is 24.1. The molecule has 3 aromatic rings. The monoisotopic (exact) mass is 585 g/mol. The van der Waals surface area contributed by atoms with E-state index in [9.17, 15) is 14.4 Å². The maximum Gasteiger partial charge on any atom is 0.246 e. The van der Waals surface area contributed by atoms with Crippen LogP contribution >= 0.6 is 11.6 Å². The summed E-state index contributed by atoms with van der Waals surface area (Å²) in [7, 11) is 1.60. The van der Waals surface area contributed by atoms with Crippen LogP contribution in [0.15, 0.2) is 91.0 Å². The molecule has 2 saturated heterocycles. The number of halogens is 1. The molecule has 8 nitrogen and oxygen atoms in total. The van der Waals surface area contributed by atoms with Crippen molar-refractivity contribution in [1.29, 1.82) is 0 Å². The maximum absolute atomic E-state index is 14.2. The number of hydrogen-bond acceptors (Lipinski definition) is 5. The van der Waals surface area contributed by atoms with Crippen LogP contribution in [0.4, 0.5) is 0 Å². The van der Waals surface area contributed by atoms with Crippen molar-refractivity contribution in [2.24, 2.45) is 11.8 Å². The normalized spacial score (nSPS) is 27.2. The fourth-order valence-electron chi connectivity index (χ4n) is 6.51. The highest BCUT2D eigenvalue weighted by Crippen LogP contribution is 2.59. The van der Waals surface area contributed by atoms with Crippen molar-refractivity contribution >= 4 is 29.3 Å². The van der Waals surface area contributed by atoms with Crippen LogP contribution in [-0.2, 0) is 38.8 Å². The second-order valence-corrected chi connectivity index (χ2v) is 11.6. The van der Waals surface area contributed by atoms with Gasteiger partial charge in [0.25, 0.3) is 0 Å². The molecule has 216 valence electrons. The number of likely N-dealkylation sites (tertiary alicyclic amines) is 1. The molecular weight excluding hydrogens is 554 g/mol. The minimum atomic E-state index is -1.28. The Morgan fingerprint density at radius 1 is 0.881 bits per heavy atom. The van der Waals surface area contributed by atoms with Crippen molar-refractivity contribution in [2.75, 3.05) is 7.11 Å². The molecule has 3 heterocycles. The van der Waals surface area contributed by atoms with Crippen molar-refractivity contribution in [1.82, 2.24) is 15.5 Å². The molecule has 0 unspecified atom stereocenters. The summed E-state index contributed by atoms with van der Waals surface area (Å²) in [5, 5.41) is 6.59. The van der Waals surface area contributed by atoms with Gasteiger partial charge in [-0.25, -0.2) is 0 Å². The number of methoxy groups -OCH3 is 1. The van der Waals surface area contributed by atoms with E-state index in [1.807, 2.05) is 85.8 Å². The first-order valence-corrected chi connectivity index (χ1v) is 14.3. The van der Waals surface area contributed by atoms with E-state index in [4.69, 9.17) is 21.1 Å². The van der Waals surface area contributed by atoms with E-state index in [-0.39, 0.29) is 30.8 Å². The molecule has 0 radical (unpaired) electrons. The van der Waals surface area contributed by atoms with E-state index in [0.717, 1.165) is 22.4 Å². The zero-order valence-electron chi connectivity index (χ0n) is 23.4. The summed E-state index contributed by atoms with van der Waals surface area (Å²) in [6, 6.07) is 23.2. The van der Waals surface area contributed by atoms with Gasteiger partial charge in [0.1, 0.15) is 17.4 Å². The molecule has 0 aromatic heterocycles. The molecule has 9 heteroatoms. The summed E-state index contributed by atoms with van der Waals surface area (Å²) >= 11 is 6.10. The number of carbonyl (C=O) groups is 3. The predicted octanol–water partition coefficient (Wildman–Crippen LogP) is 4.02. The number of hydrogen-bond donors (Lipinski definition) is 2.